The molecule has 0 bridgehead atoms. The molecule has 0 fully saturated rings. The Morgan fingerprint density at radius 1 is 1.06 bits per heavy atom. The molecule has 1 N–H and O–H groups in total. The zero-order chi connectivity index (χ0) is 11.6. The van der Waals surface area contributed by atoms with Crippen molar-refractivity contribution in [2.75, 3.05) is 12.8 Å². The van der Waals surface area contributed by atoms with Crippen molar-refractivity contribution in [3.05, 3.63) is 29.8 Å². The van der Waals surface area contributed by atoms with Gasteiger partial charge in [-0.3, -0.25) is 0 Å². The largest absolute Gasteiger partial charge is 0.316 e. The maximum absolute atomic E-state index is 3.16. The summed E-state index contributed by atoms with van der Waals surface area (Å²) in [4.78, 5) is 1.40. The molecule has 1 aromatic carbocycles. The lowest BCUT2D eigenvalue weighted by Gasteiger charge is -2.03. The van der Waals surface area contributed by atoms with E-state index in [4.69, 9.17) is 0 Å². The van der Waals surface area contributed by atoms with Crippen LogP contribution in [0, 0.1) is 0 Å². The molecule has 0 unspecified atom stereocenters. The van der Waals surface area contributed by atoms with E-state index in [2.05, 4.69) is 36.5 Å². The second-order valence-corrected chi connectivity index (χ2v) is 5.25. The molecule has 1 aromatic rings. The molecule has 1 nitrogen and oxygen atoms in total. The van der Waals surface area contributed by atoms with Gasteiger partial charge < -0.3 is 5.32 Å². The molecule has 0 radical (unpaired) electrons. The summed E-state index contributed by atoms with van der Waals surface area (Å²) in [5.74, 6) is 1.26. The van der Waals surface area contributed by atoms with Gasteiger partial charge in [-0.05, 0) is 36.9 Å². The minimum absolute atomic E-state index is 0.960. The Morgan fingerprint density at radius 3 is 2.44 bits per heavy atom. The normalized spacial score (nSPS) is 10.6. The molecule has 2 heteroatoms. The molecule has 0 atom stereocenters. The molecule has 0 aromatic heterocycles. The Kier molecular flexibility index (Phi) is 7.35. The zero-order valence-electron chi connectivity index (χ0n) is 10.5. The molecule has 90 valence electrons. The van der Waals surface area contributed by atoms with Crippen LogP contribution in [0.3, 0.4) is 0 Å². The van der Waals surface area contributed by atoms with Gasteiger partial charge in [0.25, 0.3) is 0 Å². The molecule has 0 heterocycles. The molecule has 0 aliphatic rings. The first-order valence-electron chi connectivity index (χ1n) is 6.23. The molecular formula is C14H23NS. The fourth-order valence-corrected chi connectivity index (χ4v) is 2.54. The van der Waals surface area contributed by atoms with Crippen LogP contribution in [0.1, 0.15) is 38.2 Å². The highest BCUT2D eigenvalue weighted by molar-refractivity contribution is 7.99. The summed E-state index contributed by atoms with van der Waals surface area (Å²) in [6.45, 7) is 3.22. The summed E-state index contributed by atoms with van der Waals surface area (Å²) in [7, 11) is 1.98. The quantitative estimate of drug-likeness (QED) is 0.540. The van der Waals surface area contributed by atoms with Gasteiger partial charge >= 0.3 is 0 Å². The number of nitrogens with one attached hydrogen (secondary N) is 1. The van der Waals surface area contributed by atoms with Gasteiger partial charge in [0.1, 0.15) is 0 Å². The highest BCUT2D eigenvalue weighted by atomic mass is 32.2. The fourth-order valence-electron chi connectivity index (χ4n) is 1.63. The average Bonchev–Trinajstić information content (AvgIpc) is 2.31. The smallest absolute Gasteiger partial charge is 0.0202 e. The summed E-state index contributed by atoms with van der Waals surface area (Å²) in [6.07, 6.45) is 5.42. The lowest BCUT2D eigenvalue weighted by Crippen LogP contribution is -2.04. The molecular weight excluding hydrogens is 214 g/mol. The molecule has 0 amide bonds. The van der Waals surface area contributed by atoms with Gasteiger partial charge in [0.2, 0.25) is 0 Å². The summed E-state index contributed by atoms with van der Waals surface area (Å²) >= 11 is 1.98. The van der Waals surface area contributed by atoms with Gasteiger partial charge in [-0.1, -0.05) is 38.3 Å². The van der Waals surface area contributed by atoms with Crippen molar-refractivity contribution >= 4 is 11.8 Å². The molecule has 0 aliphatic heterocycles. The average molecular weight is 237 g/mol. The van der Waals surface area contributed by atoms with E-state index < -0.39 is 0 Å². The highest BCUT2D eigenvalue weighted by Gasteiger charge is 1.95. The minimum Gasteiger partial charge on any atom is -0.316 e. The van der Waals surface area contributed by atoms with Crippen molar-refractivity contribution in [3.63, 3.8) is 0 Å². The van der Waals surface area contributed by atoms with Crippen molar-refractivity contribution in [2.45, 2.75) is 44.0 Å². The molecule has 0 saturated carbocycles. The molecule has 0 aliphatic carbocycles. The molecule has 0 saturated heterocycles. The number of rotatable bonds is 8. The predicted octanol–water partition coefficient (Wildman–Crippen LogP) is 4.08. The van der Waals surface area contributed by atoms with E-state index in [1.165, 1.54) is 41.9 Å². The van der Waals surface area contributed by atoms with E-state index in [1.54, 1.807) is 0 Å². The van der Waals surface area contributed by atoms with E-state index in [9.17, 15) is 0 Å². The van der Waals surface area contributed by atoms with Crippen LogP contribution in [0.2, 0.25) is 0 Å². The second kappa shape index (κ2) is 8.66. The van der Waals surface area contributed by atoms with E-state index >= 15 is 0 Å². The minimum atomic E-state index is 0.960. The number of thioether (sulfide) groups is 1. The fraction of sp³-hybridized carbons (Fsp3) is 0.571. The lowest BCUT2D eigenvalue weighted by atomic mass is 10.2. The number of hydrogen-bond acceptors (Lipinski definition) is 2. The Morgan fingerprint density at radius 2 is 1.81 bits per heavy atom. The Balaban J connectivity index is 2.21. The monoisotopic (exact) mass is 237 g/mol. The molecule has 1 rings (SSSR count). The zero-order valence-corrected chi connectivity index (χ0v) is 11.3. The summed E-state index contributed by atoms with van der Waals surface area (Å²) < 4.78 is 0. The van der Waals surface area contributed by atoms with Crippen LogP contribution < -0.4 is 5.32 Å². The van der Waals surface area contributed by atoms with Gasteiger partial charge in [0.15, 0.2) is 0 Å². The second-order valence-electron chi connectivity index (χ2n) is 4.08. The standard InChI is InChI=1S/C14H23NS/c1-3-4-5-6-11-16-14-9-7-13(8-10-14)12-15-2/h7-10,15H,3-6,11-12H2,1-2H3. The topological polar surface area (TPSA) is 12.0 Å². The van der Waals surface area contributed by atoms with E-state index in [0.717, 1.165) is 6.54 Å². The lowest BCUT2D eigenvalue weighted by molar-refractivity contribution is 0.706. The summed E-state index contributed by atoms with van der Waals surface area (Å²) in [5.41, 5.74) is 1.36. The first-order valence-corrected chi connectivity index (χ1v) is 7.21. The molecule has 16 heavy (non-hydrogen) atoms. The van der Waals surface area contributed by atoms with Crippen LogP contribution >= 0.6 is 11.8 Å². The van der Waals surface area contributed by atoms with Crippen molar-refractivity contribution in [2.24, 2.45) is 0 Å². The molecule has 0 spiro atoms. The van der Waals surface area contributed by atoms with Crippen LogP contribution in [-0.2, 0) is 6.54 Å². The van der Waals surface area contributed by atoms with Crippen LogP contribution in [0.25, 0.3) is 0 Å². The third-order valence-electron chi connectivity index (χ3n) is 2.57. The third-order valence-corrected chi connectivity index (χ3v) is 3.67. The Bertz CT molecular complexity index is 269. The summed E-state index contributed by atoms with van der Waals surface area (Å²) in [6, 6.07) is 8.89. The van der Waals surface area contributed by atoms with Gasteiger partial charge in [0.05, 0.1) is 0 Å². The van der Waals surface area contributed by atoms with Crippen LogP contribution in [0.15, 0.2) is 29.2 Å². The van der Waals surface area contributed by atoms with Crippen molar-refractivity contribution in [1.82, 2.24) is 5.32 Å². The van der Waals surface area contributed by atoms with Gasteiger partial charge in [0, 0.05) is 11.4 Å². The van der Waals surface area contributed by atoms with Gasteiger partial charge in [-0.2, -0.15) is 0 Å². The number of unbranched alkanes of at least 4 members (excludes halogenated alkanes) is 3. The van der Waals surface area contributed by atoms with Crippen molar-refractivity contribution in [3.8, 4) is 0 Å². The number of hydrogen-bond donors (Lipinski definition) is 1. The van der Waals surface area contributed by atoms with Crippen molar-refractivity contribution < 1.29 is 0 Å². The van der Waals surface area contributed by atoms with E-state index in [0.29, 0.717) is 0 Å². The van der Waals surface area contributed by atoms with Gasteiger partial charge in [-0.15, -0.1) is 11.8 Å². The maximum Gasteiger partial charge on any atom is 0.0202 e. The van der Waals surface area contributed by atoms with E-state index in [-0.39, 0.29) is 0 Å². The SMILES string of the molecule is CCCCCCSc1ccc(CNC)cc1. The van der Waals surface area contributed by atoms with Gasteiger partial charge in [-0.25, -0.2) is 0 Å². The highest BCUT2D eigenvalue weighted by Crippen LogP contribution is 2.20. The van der Waals surface area contributed by atoms with Crippen LogP contribution in [0.4, 0.5) is 0 Å². The first kappa shape index (κ1) is 13.6. The first-order chi connectivity index (χ1) is 7.86. The van der Waals surface area contributed by atoms with E-state index in [1.807, 2.05) is 18.8 Å². The van der Waals surface area contributed by atoms with Crippen molar-refractivity contribution in [1.29, 1.82) is 0 Å². The van der Waals surface area contributed by atoms with Crippen LogP contribution in [-0.4, -0.2) is 12.8 Å². The summed E-state index contributed by atoms with van der Waals surface area (Å²) in [5, 5.41) is 3.16. The number of benzene rings is 1. The Labute approximate surface area is 104 Å². The Hall–Kier alpha value is -0.470. The van der Waals surface area contributed by atoms with Crippen LogP contribution in [0.5, 0.6) is 0 Å². The predicted molar refractivity (Wildman–Crippen MR) is 74.1 cm³/mol. The third kappa shape index (κ3) is 5.57. The maximum atomic E-state index is 3.16.